The summed E-state index contributed by atoms with van der Waals surface area (Å²) in [5.41, 5.74) is -0.681. The van der Waals surface area contributed by atoms with Gasteiger partial charge in [0.25, 0.3) is 0 Å². The molecule has 0 spiro atoms. The minimum atomic E-state index is -0.704. The number of nitrogens with one attached hydrogen (secondary N) is 1. The van der Waals surface area contributed by atoms with E-state index in [1.54, 1.807) is 7.11 Å². The SMILES string of the molecule is CCNC1(C(=O)O)CCC(SCCOC)C1. The molecule has 1 aliphatic rings. The van der Waals surface area contributed by atoms with Gasteiger partial charge in [-0.2, -0.15) is 11.8 Å². The van der Waals surface area contributed by atoms with Crippen LogP contribution in [0.2, 0.25) is 0 Å². The lowest BCUT2D eigenvalue weighted by molar-refractivity contribution is -0.144. The van der Waals surface area contributed by atoms with Crippen molar-refractivity contribution in [2.75, 3.05) is 26.0 Å². The first-order chi connectivity index (χ1) is 7.64. The molecule has 1 saturated carbocycles. The van der Waals surface area contributed by atoms with Crippen molar-refractivity contribution in [2.45, 2.75) is 37.0 Å². The van der Waals surface area contributed by atoms with E-state index in [9.17, 15) is 9.90 Å². The largest absolute Gasteiger partial charge is 0.480 e. The summed E-state index contributed by atoms with van der Waals surface area (Å²) in [4.78, 5) is 11.3. The standard InChI is InChI=1S/C11H21NO3S/c1-3-12-11(10(13)14)5-4-9(8-11)16-7-6-15-2/h9,12H,3-8H2,1-2H3,(H,13,14). The van der Waals surface area contributed by atoms with Crippen molar-refractivity contribution in [2.24, 2.45) is 0 Å². The van der Waals surface area contributed by atoms with Gasteiger partial charge in [-0.05, 0) is 25.8 Å². The highest BCUT2D eigenvalue weighted by atomic mass is 32.2. The second kappa shape index (κ2) is 6.47. The molecule has 1 fully saturated rings. The lowest BCUT2D eigenvalue weighted by Gasteiger charge is -2.25. The first kappa shape index (κ1) is 13.8. The molecule has 1 rings (SSSR count). The number of hydrogen-bond donors (Lipinski definition) is 2. The molecule has 2 unspecified atom stereocenters. The van der Waals surface area contributed by atoms with Crippen LogP contribution >= 0.6 is 11.8 Å². The molecule has 0 amide bonds. The molecule has 0 aliphatic heterocycles. The van der Waals surface area contributed by atoms with E-state index < -0.39 is 11.5 Å². The fourth-order valence-corrected chi connectivity index (χ4v) is 3.49. The van der Waals surface area contributed by atoms with E-state index in [-0.39, 0.29) is 0 Å². The molecular formula is C11H21NO3S. The van der Waals surface area contributed by atoms with Crippen LogP contribution in [-0.4, -0.2) is 47.9 Å². The number of carboxylic acid groups (broad SMARTS) is 1. The average molecular weight is 247 g/mol. The first-order valence-electron chi connectivity index (χ1n) is 5.73. The third kappa shape index (κ3) is 3.37. The van der Waals surface area contributed by atoms with Gasteiger partial charge >= 0.3 is 5.97 Å². The Labute approximate surface area is 101 Å². The van der Waals surface area contributed by atoms with Gasteiger partial charge in [0.2, 0.25) is 0 Å². The molecule has 16 heavy (non-hydrogen) atoms. The van der Waals surface area contributed by atoms with Crippen LogP contribution in [0.4, 0.5) is 0 Å². The Morgan fingerprint density at radius 2 is 2.44 bits per heavy atom. The van der Waals surface area contributed by atoms with Gasteiger partial charge in [-0.25, -0.2) is 0 Å². The second-order valence-corrected chi connectivity index (χ2v) is 5.55. The third-order valence-corrected chi connectivity index (χ3v) is 4.31. The minimum absolute atomic E-state index is 0.449. The highest BCUT2D eigenvalue weighted by Crippen LogP contribution is 2.37. The van der Waals surface area contributed by atoms with Crippen LogP contribution in [0.5, 0.6) is 0 Å². The van der Waals surface area contributed by atoms with Crippen LogP contribution < -0.4 is 5.32 Å². The summed E-state index contributed by atoms with van der Waals surface area (Å²) in [5.74, 6) is 0.243. The molecule has 0 bridgehead atoms. The number of rotatable bonds is 7. The van der Waals surface area contributed by atoms with E-state index in [4.69, 9.17) is 4.74 Å². The molecule has 0 aromatic rings. The van der Waals surface area contributed by atoms with Crippen molar-refractivity contribution >= 4 is 17.7 Å². The number of likely N-dealkylation sites (N-methyl/N-ethyl adjacent to an activating group) is 1. The monoisotopic (exact) mass is 247 g/mol. The Kier molecular flexibility index (Phi) is 5.58. The quantitative estimate of drug-likeness (QED) is 0.665. The molecule has 2 atom stereocenters. The second-order valence-electron chi connectivity index (χ2n) is 4.15. The van der Waals surface area contributed by atoms with Crippen molar-refractivity contribution < 1.29 is 14.6 Å². The molecule has 0 saturated heterocycles. The van der Waals surface area contributed by atoms with Gasteiger partial charge in [0.15, 0.2) is 0 Å². The minimum Gasteiger partial charge on any atom is -0.480 e. The summed E-state index contributed by atoms with van der Waals surface area (Å²) in [5, 5.41) is 12.9. The van der Waals surface area contributed by atoms with E-state index in [2.05, 4.69) is 5.32 Å². The fraction of sp³-hybridized carbons (Fsp3) is 0.909. The molecule has 0 heterocycles. The number of ether oxygens (including phenoxy) is 1. The Morgan fingerprint density at radius 1 is 1.69 bits per heavy atom. The van der Waals surface area contributed by atoms with Crippen LogP contribution in [0.15, 0.2) is 0 Å². The van der Waals surface area contributed by atoms with Crippen LogP contribution in [0.1, 0.15) is 26.2 Å². The average Bonchev–Trinajstić information content (AvgIpc) is 2.64. The predicted octanol–water partition coefficient (Wildman–Crippen LogP) is 1.35. The molecule has 0 aromatic carbocycles. The van der Waals surface area contributed by atoms with E-state index in [0.717, 1.165) is 31.6 Å². The number of thioether (sulfide) groups is 1. The smallest absolute Gasteiger partial charge is 0.323 e. The van der Waals surface area contributed by atoms with Gasteiger partial charge in [-0.15, -0.1) is 0 Å². The molecule has 4 nitrogen and oxygen atoms in total. The lowest BCUT2D eigenvalue weighted by Crippen LogP contribution is -2.50. The summed E-state index contributed by atoms with van der Waals surface area (Å²) < 4.78 is 5.00. The van der Waals surface area contributed by atoms with Crippen molar-refractivity contribution in [3.8, 4) is 0 Å². The zero-order valence-electron chi connectivity index (χ0n) is 9.99. The van der Waals surface area contributed by atoms with Crippen LogP contribution in [-0.2, 0) is 9.53 Å². The summed E-state index contributed by atoms with van der Waals surface area (Å²) in [6.07, 6.45) is 2.44. The molecule has 94 valence electrons. The van der Waals surface area contributed by atoms with Crippen molar-refractivity contribution in [3.63, 3.8) is 0 Å². The Hall–Kier alpha value is -0.260. The summed E-state index contributed by atoms with van der Waals surface area (Å²) >= 11 is 1.83. The first-order valence-corrected chi connectivity index (χ1v) is 6.78. The molecule has 5 heteroatoms. The van der Waals surface area contributed by atoms with Crippen LogP contribution in [0.25, 0.3) is 0 Å². The normalized spacial score (nSPS) is 29.5. The van der Waals surface area contributed by atoms with E-state index in [1.165, 1.54) is 0 Å². The lowest BCUT2D eigenvalue weighted by atomic mass is 9.98. The Morgan fingerprint density at radius 3 is 3.00 bits per heavy atom. The zero-order chi connectivity index (χ0) is 12.0. The van der Waals surface area contributed by atoms with Crippen LogP contribution in [0.3, 0.4) is 0 Å². The maximum Gasteiger partial charge on any atom is 0.323 e. The van der Waals surface area contributed by atoms with E-state index in [1.807, 2.05) is 18.7 Å². The maximum atomic E-state index is 11.3. The van der Waals surface area contributed by atoms with Gasteiger partial charge in [-0.3, -0.25) is 4.79 Å². The number of carbonyl (C=O) groups is 1. The topological polar surface area (TPSA) is 58.6 Å². The van der Waals surface area contributed by atoms with Gasteiger partial charge in [0.05, 0.1) is 6.61 Å². The van der Waals surface area contributed by atoms with Gasteiger partial charge in [0, 0.05) is 18.1 Å². The number of carboxylic acids is 1. The van der Waals surface area contributed by atoms with Crippen LogP contribution in [0, 0.1) is 0 Å². The fourth-order valence-electron chi connectivity index (χ4n) is 2.21. The zero-order valence-corrected chi connectivity index (χ0v) is 10.8. The van der Waals surface area contributed by atoms with Crippen molar-refractivity contribution in [3.05, 3.63) is 0 Å². The Bertz CT molecular complexity index is 237. The molecule has 0 aromatic heterocycles. The highest BCUT2D eigenvalue weighted by molar-refractivity contribution is 7.99. The number of aliphatic carboxylic acids is 1. The predicted molar refractivity (Wildman–Crippen MR) is 66.0 cm³/mol. The summed E-state index contributed by atoms with van der Waals surface area (Å²) in [6, 6.07) is 0. The molecule has 0 radical (unpaired) electrons. The number of hydrogen-bond acceptors (Lipinski definition) is 4. The number of methoxy groups -OCH3 is 1. The van der Waals surface area contributed by atoms with Crippen molar-refractivity contribution in [1.29, 1.82) is 0 Å². The molecular weight excluding hydrogens is 226 g/mol. The summed E-state index contributed by atoms with van der Waals surface area (Å²) in [7, 11) is 1.69. The third-order valence-electron chi connectivity index (χ3n) is 3.03. The van der Waals surface area contributed by atoms with Gasteiger partial charge in [0.1, 0.15) is 5.54 Å². The van der Waals surface area contributed by atoms with Gasteiger partial charge in [-0.1, -0.05) is 6.92 Å². The van der Waals surface area contributed by atoms with E-state index >= 15 is 0 Å². The van der Waals surface area contributed by atoms with Crippen molar-refractivity contribution in [1.82, 2.24) is 5.32 Å². The Balaban J connectivity index is 2.43. The van der Waals surface area contributed by atoms with Gasteiger partial charge < -0.3 is 15.2 Å². The summed E-state index contributed by atoms with van der Waals surface area (Å²) in [6.45, 7) is 3.40. The maximum absolute atomic E-state index is 11.3. The molecule has 1 aliphatic carbocycles. The molecule has 2 N–H and O–H groups in total. The highest BCUT2D eigenvalue weighted by Gasteiger charge is 2.44. The van der Waals surface area contributed by atoms with E-state index in [0.29, 0.717) is 11.8 Å².